The lowest BCUT2D eigenvalue weighted by Gasteiger charge is -2.12. The minimum atomic E-state index is 0.105. The molecule has 22 heavy (non-hydrogen) atoms. The van der Waals surface area contributed by atoms with Crippen LogP contribution in [0.3, 0.4) is 0 Å². The molecule has 0 saturated carbocycles. The fraction of sp³-hybridized carbons (Fsp3) is 0.167. The minimum absolute atomic E-state index is 0.105. The molecule has 1 unspecified atom stereocenters. The van der Waals surface area contributed by atoms with Gasteiger partial charge in [0.2, 0.25) is 0 Å². The van der Waals surface area contributed by atoms with Crippen molar-refractivity contribution in [3.05, 3.63) is 59.9 Å². The second kappa shape index (κ2) is 5.21. The molecule has 0 saturated heterocycles. The van der Waals surface area contributed by atoms with Crippen molar-refractivity contribution in [1.29, 1.82) is 0 Å². The highest BCUT2D eigenvalue weighted by molar-refractivity contribution is 7.99. The molecule has 1 heterocycles. The number of hydrogen-bond acceptors (Lipinski definition) is 4. The van der Waals surface area contributed by atoms with Crippen molar-refractivity contribution in [3.8, 4) is 5.75 Å². The maximum atomic E-state index is 12.5. The number of Topliss-reactive ketones (excluding diaryl/α,β-unsaturated/α-hetero) is 1. The summed E-state index contributed by atoms with van der Waals surface area (Å²) in [6, 6.07) is 14.0. The van der Waals surface area contributed by atoms with E-state index < -0.39 is 0 Å². The summed E-state index contributed by atoms with van der Waals surface area (Å²) in [4.78, 5) is 13.6. The summed E-state index contributed by atoms with van der Waals surface area (Å²) in [5, 5.41) is 0.966. The first-order valence-electron chi connectivity index (χ1n) is 7.11. The van der Waals surface area contributed by atoms with Gasteiger partial charge < -0.3 is 9.15 Å². The summed E-state index contributed by atoms with van der Waals surface area (Å²) in [6.07, 6.45) is 2.13. The van der Waals surface area contributed by atoms with Crippen LogP contribution in [0.4, 0.5) is 0 Å². The van der Waals surface area contributed by atoms with Crippen LogP contribution in [0.25, 0.3) is 11.0 Å². The van der Waals surface area contributed by atoms with E-state index in [0.717, 1.165) is 21.4 Å². The standard InChI is InChI=1S/C18H14O3S/c1-20-18-12-7-8-21-15(12)9-13-16(10-14(19)17(13)18)22-11-5-3-2-4-6-11/h2-9,16H,10H2,1H3. The zero-order valence-electron chi connectivity index (χ0n) is 12.0. The highest BCUT2D eigenvalue weighted by Gasteiger charge is 2.34. The number of fused-ring (bicyclic) bond motifs is 2. The van der Waals surface area contributed by atoms with E-state index in [1.165, 1.54) is 0 Å². The lowest BCUT2D eigenvalue weighted by molar-refractivity contribution is 0.0991. The van der Waals surface area contributed by atoms with E-state index in [2.05, 4.69) is 12.1 Å². The Balaban J connectivity index is 1.83. The first-order chi connectivity index (χ1) is 10.8. The van der Waals surface area contributed by atoms with Crippen molar-refractivity contribution < 1.29 is 13.9 Å². The first kappa shape index (κ1) is 13.5. The van der Waals surface area contributed by atoms with Gasteiger partial charge in [-0.3, -0.25) is 4.79 Å². The maximum Gasteiger partial charge on any atom is 0.168 e. The van der Waals surface area contributed by atoms with Gasteiger partial charge in [0.05, 0.1) is 24.3 Å². The molecule has 1 atom stereocenters. The number of rotatable bonds is 3. The summed E-state index contributed by atoms with van der Waals surface area (Å²) in [6.45, 7) is 0. The zero-order chi connectivity index (χ0) is 15.1. The number of furan rings is 1. The molecule has 1 aromatic heterocycles. The molecule has 3 aromatic rings. The van der Waals surface area contributed by atoms with Crippen molar-refractivity contribution in [2.24, 2.45) is 0 Å². The summed E-state index contributed by atoms with van der Waals surface area (Å²) >= 11 is 1.71. The average Bonchev–Trinajstić information content (AvgIpc) is 3.12. The van der Waals surface area contributed by atoms with Crippen molar-refractivity contribution in [3.63, 3.8) is 0 Å². The van der Waals surface area contributed by atoms with E-state index in [0.29, 0.717) is 17.7 Å². The number of hydrogen-bond donors (Lipinski definition) is 0. The van der Waals surface area contributed by atoms with Gasteiger partial charge in [0.15, 0.2) is 5.78 Å². The largest absolute Gasteiger partial charge is 0.495 e. The number of ether oxygens (including phenoxy) is 1. The van der Waals surface area contributed by atoms with Gasteiger partial charge in [0, 0.05) is 16.6 Å². The number of benzene rings is 2. The average molecular weight is 310 g/mol. The number of methoxy groups -OCH3 is 1. The first-order valence-corrected chi connectivity index (χ1v) is 7.99. The highest BCUT2D eigenvalue weighted by Crippen LogP contribution is 2.49. The quantitative estimate of drug-likeness (QED) is 0.692. The molecular weight excluding hydrogens is 296 g/mol. The molecule has 0 spiro atoms. The second-order valence-electron chi connectivity index (χ2n) is 5.25. The number of carbonyl (C=O) groups excluding carboxylic acids is 1. The lowest BCUT2D eigenvalue weighted by Crippen LogP contribution is -1.97. The third kappa shape index (κ3) is 2.03. The minimum Gasteiger partial charge on any atom is -0.495 e. The highest BCUT2D eigenvalue weighted by atomic mass is 32.2. The van der Waals surface area contributed by atoms with Gasteiger partial charge in [-0.25, -0.2) is 0 Å². The van der Waals surface area contributed by atoms with E-state index in [9.17, 15) is 4.79 Å². The number of thioether (sulfide) groups is 1. The Labute approximate surface area is 132 Å². The molecule has 0 N–H and O–H groups in total. The van der Waals surface area contributed by atoms with Gasteiger partial charge >= 0.3 is 0 Å². The Morgan fingerprint density at radius 3 is 2.82 bits per heavy atom. The van der Waals surface area contributed by atoms with Gasteiger partial charge in [-0.15, -0.1) is 11.8 Å². The topological polar surface area (TPSA) is 39.4 Å². The molecule has 0 radical (unpaired) electrons. The molecule has 0 fully saturated rings. The smallest absolute Gasteiger partial charge is 0.168 e. The van der Waals surface area contributed by atoms with Crippen molar-refractivity contribution in [2.45, 2.75) is 16.6 Å². The third-order valence-corrected chi connectivity index (χ3v) is 5.21. The van der Waals surface area contributed by atoms with Gasteiger partial charge in [-0.2, -0.15) is 0 Å². The van der Waals surface area contributed by atoms with Crippen LogP contribution in [-0.4, -0.2) is 12.9 Å². The Bertz CT molecular complexity index is 851. The van der Waals surface area contributed by atoms with E-state index in [4.69, 9.17) is 9.15 Å². The van der Waals surface area contributed by atoms with Crippen LogP contribution < -0.4 is 4.74 Å². The van der Waals surface area contributed by atoms with Crippen LogP contribution in [0.5, 0.6) is 5.75 Å². The van der Waals surface area contributed by atoms with Gasteiger partial charge in [-0.05, 0) is 29.8 Å². The molecule has 1 aliphatic rings. The van der Waals surface area contributed by atoms with E-state index >= 15 is 0 Å². The summed E-state index contributed by atoms with van der Waals surface area (Å²) in [5.74, 6) is 0.783. The fourth-order valence-corrected chi connectivity index (χ4v) is 4.19. The SMILES string of the molecule is COc1c2c(cc3occc13)C(Sc1ccccc1)CC2=O. The molecule has 4 heteroatoms. The van der Waals surface area contributed by atoms with E-state index in [1.54, 1.807) is 25.1 Å². The van der Waals surface area contributed by atoms with Gasteiger partial charge in [0.25, 0.3) is 0 Å². The van der Waals surface area contributed by atoms with Gasteiger partial charge in [0.1, 0.15) is 11.3 Å². The van der Waals surface area contributed by atoms with E-state index in [1.807, 2.05) is 30.3 Å². The van der Waals surface area contributed by atoms with Crippen LogP contribution in [0.1, 0.15) is 27.6 Å². The zero-order valence-corrected chi connectivity index (χ0v) is 12.9. The van der Waals surface area contributed by atoms with E-state index in [-0.39, 0.29) is 11.0 Å². The predicted octanol–water partition coefficient (Wildman–Crippen LogP) is 4.86. The summed E-state index contributed by atoms with van der Waals surface area (Å²) in [7, 11) is 1.60. The summed E-state index contributed by atoms with van der Waals surface area (Å²) in [5.41, 5.74) is 2.49. The molecular formula is C18H14O3S. The lowest BCUT2D eigenvalue weighted by atomic mass is 10.1. The third-order valence-electron chi connectivity index (χ3n) is 3.96. The van der Waals surface area contributed by atoms with Crippen molar-refractivity contribution >= 4 is 28.5 Å². The van der Waals surface area contributed by atoms with Crippen molar-refractivity contribution in [1.82, 2.24) is 0 Å². The number of carbonyl (C=O) groups is 1. The molecule has 1 aliphatic carbocycles. The fourth-order valence-electron chi connectivity index (χ4n) is 3.00. The molecule has 0 amide bonds. The van der Waals surface area contributed by atoms with Crippen molar-refractivity contribution in [2.75, 3.05) is 7.11 Å². The molecule has 4 rings (SSSR count). The van der Waals surface area contributed by atoms with Crippen LogP contribution in [-0.2, 0) is 0 Å². The Morgan fingerprint density at radius 2 is 2.05 bits per heavy atom. The maximum absolute atomic E-state index is 12.5. The molecule has 0 aliphatic heterocycles. The Kier molecular flexibility index (Phi) is 3.19. The van der Waals surface area contributed by atoms with Crippen LogP contribution >= 0.6 is 11.8 Å². The van der Waals surface area contributed by atoms with Crippen LogP contribution in [0.15, 0.2) is 58.0 Å². The Hall–Kier alpha value is -2.20. The predicted molar refractivity (Wildman–Crippen MR) is 86.8 cm³/mol. The molecule has 3 nitrogen and oxygen atoms in total. The Morgan fingerprint density at radius 1 is 1.23 bits per heavy atom. The second-order valence-corrected chi connectivity index (χ2v) is 6.53. The normalized spacial score (nSPS) is 17.0. The van der Waals surface area contributed by atoms with Gasteiger partial charge in [-0.1, -0.05) is 18.2 Å². The van der Waals surface area contributed by atoms with Crippen LogP contribution in [0.2, 0.25) is 0 Å². The molecule has 2 aromatic carbocycles. The molecule has 110 valence electrons. The molecule has 0 bridgehead atoms. The summed E-state index contributed by atoms with van der Waals surface area (Å²) < 4.78 is 11.0. The van der Waals surface area contributed by atoms with Crippen LogP contribution in [0, 0.1) is 0 Å². The number of ketones is 1. The monoisotopic (exact) mass is 310 g/mol.